The van der Waals surface area contributed by atoms with E-state index in [0.717, 1.165) is 24.8 Å². The highest BCUT2D eigenvalue weighted by Gasteiger charge is 2.34. The fraction of sp³-hybridized carbons (Fsp3) is 0.545. The number of carbonyl (C=O) groups excluding carboxylic acids is 3. The molecule has 8 heteroatoms. The van der Waals surface area contributed by atoms with Crippen LogP contribution in [0.4, 0.5) is 4.79 Å². The predicted molar refractivity (Wildman–Crippen MR) is 109 cm³/mol. The molecule has 0 spiro atoms. The van der Waals surface area contributed by atoms with Gasteiger partial charge in [0.15, 0.2) is 6.61 Å². The fourth-order valence-electron chi connectivity index (χ4n) is 3.34. The highest BCUT2D eigenvalue weighted by Crippen LogP contribution is 2.27. The van der Waals surface area contributed by atoms with Gasteiger partial charge in [0.2, 0.25) is 0 Å². The van der Waals surface area contributed by atoms with Gasteiger partial charge in [0.25, 0.3) is 5.91 Å². The van der Waals surface area contributed by atoms with Gasteiger partial charge < -0.3 is 20.1 Å². The SMILES string of the molecule is CC(C)[C@H](NC(=O)OCc1ccccc1)C(=O)OCC(=O)NC1(C#N)CCCCC1. The van der Waals surface area contributed by atoms with Gasteiger partial charge in [0.05, 0.1) is 6.07 Å². The summed E-state index contributed by atoms with van der Waals surface area (Å²) in [5.41, 5.74) is -0.0688. The first-order chi connectivity index (χ1) is 14.3. The molecule has 1 saturated carbocycles. The van der Waals surface area contributed by atoms with E-state index in [4.69, 9.17) is 9.47 Å². The zero-order chi connectivity index (χ0) is 22.0. The van der Waals surface area contributed by atoms with Crippen LogP contribution in [0.2, 0.25) is 0 Å². The second-order valence-corrected chi connectivity index (χ2v) is 7.84. The zero-order valence-electron chi connectivity index (χ0n) is 17.5. The number of rotatable bonds is 8. The summed E-state index contributed by atoms with van der Waals surface area (Å²) >= 11 is 0. The highest BCUT2D eigenvalue weighted by atomic mass is 16.6. The third-order valence-corrected chi connectivity index (χ3v) is 5.05. The monoisotopic (exact) mass is 415 g/mol. The van der Waals surface area contributed by atoms with Crippen LogP contribution < -0.4 is 10.6 Å². The Hall–Kier alpha value is -3.08. The molecule has 1 atom stereocenters. The van der Waals surface area contributed by atoms with E-state index in [2.05, 4.69) is 16.7 Å². The molecule has 2 rings (SSSR count). The number of nitrogens with zero attached hydrogens (tertiary/aromatic N) is 1. The molecule has 0 bridgehead atoms. The topological polar surface area (TPSA) is 118 Å². The Bertz CT molecular complexity index is 767. The lowest BCUT2D eigenvalue weighted by molar-refractivity contribution is -0.151. The summed E-state index contributed by atoms with van der Waals surface area (Å²) in [5.74, 6) is -1.53. The van der Waals surface area contributed by atoms with Gasteiger partial charge in [-0.1, -0.05) is 63.4 Å². The van der Waals surface area contributed by atoms with Crippen LogP contribution in [-0.2, 0) is 25.7 Å². The van der Waals surface area contributed by atoms with Gasteiger partial charge in [-0.3, -0.25) is 4.79 Å². The Morgan fingerprint density at radius 2 is 1.77 bits per heavy atom. The van der Waals surface area contributed by atoms with E-state index in [0.29, 0.717) is 12.8 Å². The third-order valence-electron chi connectivity index (χ3n) is 5.05. The second kappa shape index (κ2) is 11.2. The van der Waals surface area contributed by atoms with Gasteiger partial charge in [0.1, 0.15) is 18.2 Å². The molecule has 1 fully saturated rings. The summed E-state index contributed by atoms with van der Waals surface area (Å²) in [5, 5.41) is 14.6. The fourth-order valence-corrected chi connectivity index (χ4v) is 3.34. The van der Waals surface area contributed by atoms with Crippen molar-refractivity contribution in [1.29, 1.82) is 5.26 Å². The molecule has 8 nitrogen and oxygen atoms in total. The molecule has 2 amide bonds. The summed E-state index contributed by atoms with van der Waals surface area (Å²) in [6.07, 6.45) is 3.22. The van der Waals surface area contributed by atoms with Crippen LogP contribution in [0.5, 0.6) is 0 Å². The number of nitriles is 1. The third kappa shape index (κ3) is 7.07. The number of hydrogen-bond donors (Lipinski definition) is 2. The first-order valence-corrected chi connectivity index (χ1v) is 10.2. The van der Waals surface area contributed by atoms with E-state index in [-0.39, 0.29) is 12.5 Å². The van der Waals surface area contributed by atoms with Crippen LogP contribution in [0.15, 0.2) is 30.3 Å². The van der Waals surface area contributed by atoms with Crippen molar-refractivity contribution in [2.45, 2.75) is 64.1 Å². The average molecular weight is 415 g/mol. The van der Waals surface area contributed by atoms with Crippen molar-refractivity contribution < 1.29 is 23.9 Å². The predicted octanol–water partition coefficient (Wildman–Crippen LogP) is 2.82. The molecule has 0 saturated heterocycles. The Balaban J connectivity index is 1.82. The normalized spacial score (nSPS) is 16.1. The van der Waals surface area contributed by atoms with E-state index in [1.54, 1.807) is 13.8 Å². The van der Waals surface area contributed by atoms with Crippen molar-refractivity contribution in [3.8, 4) is 6.07 Å². The second-order valence-electron chi connectivity index (χ2n) is 7.84. The van der Waals surface area contributed by atoms with Crippen LogP contribution in [0.3, 0.4) is 0 Å². The Labute approximate surface area is 176 Å². The van der Waals surface area contributed by atoms with E-state index < -0.39 is 36.2 Å². The van der Waals surface area contributed by atoms with Gasteiger partial charge in [-0.2, -0.15) is 5.26 Å². The maximum atomic E-state index is 12.4. The summed E-state index contributed by atoms with van der Waals surface area (Å²) in [4.78, 5) is 36.7. The van der Waals surface area contributed by atoms with E-state index in [9.17, 15) is 19.6 Å². The maximum absolute atomic E-state index is 12.4. The van der Waals surface area contributed by atoms with Crippen LogP contribution in [0, 0.1) is 17.2 Å². The van der Waals surface area contributed by atoms with E-state index >= 15 is 0 Å². The molecule has 1 aromatic carbocycles. The summed E-state index contributed by atoms with van der Waals surface area (Å²) in [6.45, 7) is 3.06. The van der Waals surface area contributed by atoms with Crippen molar-refractivity contribution in [2.75, 3.05) is 6.61 Å². The lowest BCUT2D eigenvalue weighted by atomic mass is 9.83. The zero-order valence-corrected chi connectivity index (χ0v) is 17.5. The molecule has 0 unspecified atom stereocenters. The molecule has 0 heterocycles. The van der Waals surface area contributed by atoms with Crippen LogP contribution in [-0.4, -0.2) is 36.2 Å². The quantitative estimate of drug-likeness (QED) is 0.631. The molecule has 1 aliphatic carbocycles. The molecule has 0 aromatic heterocycles. The Kier molecular flexibility index (Phi) is 8.66. The molecule has 1 aliphatic rings. The number of carbonyl (C=O) groups is 3. The minimum atomic E-state index is -0.958. The standard InChI is InChI=1S/C22H29N3O5/c1-16(2)19(24-21(28)30-13-17-9-5-3-6-10-17)20(27)29-14-18(26)25-22(15-23)11-7-4-8-12-22/h3,5-6,9-10,16,19H,4,7-8,11-14H2,1-2H3,(H,24,28)(H,25,26)/t19-/m0/s1. The van der Waals surface area contributed by atoms with Crippen molar-refractivity contribution in [3.63, 3.8) is 0 Å². The van der Waals surface area contributed by atoms with Gasteiger partial charge in [-0.25, -0.2) is 9.59 Å². The molecule has 1 aromatic rings. The first kappa shape index (κ1) is 23.2. The largest absolute Gasteiger partial charge is 0.454 e. The highest BCUT2D eigenvalue weighted by molar-refractivity contribution is 5.85. The lowest BCUT2D eigenvalue weighted by Crippen LogP contribution is -2.51. The van der Waals surface area contributed by atoms with Crippen LogP contribution >= 0.6 is 0 Å². The number of benzene rings is 1. The number of alkyl carbamates (subject to hydrolysis) is 1. The molecule has 30 heavy (non-hydrogen) atoms. The number of hydrogen-bond acceptors (Lipinski definition) is 6. The molecule has 0 radical (unpaired) electrons. The van der Waals surface area contributed by atoms with Crippen molar-refractivity contribution in [1.82, 2.24) is 10.6 Å². The van der Waals surface area contributed by atoms with Gasteiger partial charge >= 0.3 is 12.1 Å². The van der Waals surface area contributed by atoms with Gasteiger partial charge in [-0.15, -0.1) is 0 Å². The molecule has 0 aliphatic heterocycles. The molecule has 2 N–H and O–H groups in total. The van der Waals surface area contributed by atoms with Gasteiger partial charge in [-0.05, 0) is 24.3 Å². The summed E-state index contributed by atoms with van der Waals surface area (Å²) < 4.78 is 10.2. The Morgan fingerprint density at radius 3 is 2.37 bits per heavy atom. The molecular weight excluding hydrogens is 386 g/mol. The number of ether oxygens (including phenoxy) is 2. The number of nitrogens with one attached hydrogen (secondary N) is 2. The van der Waals surface area contributed by atoms with Crippen molar-refractivity contribution in [3.05, 3.63) is 35.9 Å². The van der Waals surface area contributed by atoms with E-state index in [1.165, 1.54) is 0 Å². The van der Waals surface area contributed by atoms with Gasteiger partial charge in [0, 0.05) is 0 Å². The maximum Gasteiger partial charge on any atom is 0.408 e. The van der Waals surface area contributed by atoms with Crippen molar-refractivity contribution in [2.24, 2.45) is 5.92 Å². The van der Waals surface area contributed by atoms with E-state index in [1.807, 2.05) is 30.3 Å². The minimum absolute atomic E-state index is 0.0746. The Morgan fingerprint density at radius 1 is 1.10 bits per heavy atom. The summed E-state index contributed by atoms with van der Waals surface area (Å²) in [7, 11) is 0. The van der Waals surface area contributed by atoms with Crippen LogP contribution in [0.1, 0.15) is 51.5 Å². The smallest absolute Gasteiger partial charge is 0.408 e. The summed E-state index contributed by atoms with van der Waals surface area (Å²) in [6, 6.07) is 10.4. The minimum Gasteiger partial charge on any atom is -0.454 e. The average Bonchev–Trinajstić information content (AvgIpc) is 2.75. The number of amides is 2. The number of esters is 1. The molecule has 162 valence electrons. The molecular formula is C22H29N3O5. The van der Waals surface area contributed by atoms with Crippen molar-refractivity contribution >= 4 is 18.0 Å². The van der Waals surface area contributed by atoms with Crippen LogP contribution in [0.25, 0.3) is 0 Å². The lowest BCUT2D eigenvalue weighted by Gasteiger charge is -2.31. The first-order valence-electron chi connectivity index (χ1n) is 10.2.